The second kappa shape index (κ2) is 23.6. The molecule has 5 saturated heterocycles. The number of rotatable bonds is 13. The van der Waals surface area contributed by atoms with Crippen LogP contribution in [0.4, 0.5) is 18.9 Å². The van der Waals surface area contributed by atoms with Gasteiger partial charge in [-0.2, -0.15) is 13.2 Å². The Morgan fingerprint density at radius 2 is 1.69 bits per heavy atom. The van der Waals surface area contributed by atoms with Gasteiger partial charge >= 0.3 is 12.1 Å². The fourth-order valence-corrected chi connectivity index (χ4v) is 13.4. The van der Waals surface area contributed by atoms with Crippen molar-refractivity contribution in [2.24, 2.45) is 11.3 Å². The third-order valence-corrected chi connectivity index (χ3v) is 18.1. The van der Waals surface area contributed by atoms with Crippen molar-refractivity contribution in [3.05, 3.63) is 71.5 Å². The average molecular weight is 1170 g/mol. The highest BCUT2D eigenvalue weighted by atomic mass is 19.4. The average Bonchev–Trinajstić information content (AvgIpc) is 2.31. The van der Waals surface area contributed by atoms with Gasteiger partial charge in [0.25, 0.3) is 5.91 Å². The monoisotopic (exact) mass is 1170 g/mol. The summed E-state index contributed by atoms with van der Waals surface area (Å²) in [6, 6.07) is 12.8. The molecular weight excluding hydrogens is 1080 g/mol. The number of halogens is 3. The van der Waals surface area contributed by atoms with Crippen molar-refractivity contribution in [2.45, 2.75) is 128 Å². The number of alkyl halides is 3. The van der Waals surface area contributed by atoms with Gasteiger partial charge in [-0.15, -0.1) is 0 Å². The van der Waals surface area contributed by atoms with Gasteiger partial charge < -0.3 is 38.8 Å². The lowest BCUT2D eigenvalue weighted by Gasteiger charge is -2.55. The first kappa shape index (κ1) is 59.6. The van der Waals surface area contributed by atoms with Crippen LogP contribution in [0.3, 0.4) is 0 Å². The van der Waals surface area contributed by atoms with Gasteiger partial charge in [0.15, 0.2) is 0 Å². The second-order valence-electron chi connectivity index (χ2n) is 25.9. The minimum atomic E-state index is -4.61. The molecule has 2 aromatic carbocycles. The van der Waals surface area contributed by atoms with Crippen LogP contribution in [0.15, 0.2) is 54.7 Å². The number of fused-ring (bicyclic) bond motifs is 6. The number of likely N-dealkylation sites (N-methyl/N-ethyl adjacent to an activating group) is 1. The molecule has 0 radical (unpaired) electrons. The van der Waals surface area contributed by atoms with Crippen molar-refractivity contribution >= 4 is 46.2 Å². The van der Waals surface area contributed by atoms with Crippen LogP contribution >= 0.6 is 0 Å². The molecular formula is C62H82F3N11O8. The molecule has 7 aliphatic rings. The lowest BCUT2D eigenvalue weighted by Crippen LogP contribution is -2.73. The number of likely N-dealkylation sites (tertiary alicyclic amines) is 1. The summed E-state index contributed by atoms with van der Waals surface area (Å²) in [5.41, 5.74) is 7.15. The smallest absolute Gasteiger partial charge is 0.406 e. The number of benzene rings is 2. The molecule has 454 valence electrons. The third-order valence-electron chi connectivity index (χ3n) is 18.1. The van der Waals surface area contributed by atoms with Gasteiger partial charge in [-0.05, 0) is 85.4 Å². The van der Waals surface area contributed by atoms with Crippen LogP contribution in [0.1, 0.15) is 83.2 Å². The van der Waals surface area contributed by atoms with E-state index >= 15 is 18.0 Å². The zero-order chi connectivity index (χ0) is 59.6. The molecule has 6 fully saturated rings. The number of nitrogens with one attached hydrogen (secondary N) is 2. The molecule has 6 aliphatic heterocycles. The highest BCUT2D eigenvalue weighted by molar-refractivity contribution is 5.96. The predicted octanol–water partition coefficient (Wildman–Crippen LogP) is 5.28. The summed E-state index contributed by atoms with van der Waals surface area (Å²) in [7, 11) is 4.95. The van der Waals surface area contributed by atoms with E-state index in [1.54, 1.807) is 32.2 Å². The number of aromatic nitrogens is 2. The molecule has 1 spiro atoms. The quantitative estimate of drug-likeness (QED) is 0.131. The summed E-state index contributed by atoms with van der Waals surface area (Å²) in [5, 5.41) is 5.20. The third kappa shape index (κ3) is 12.7. The van der Waals surface area contributed by atoms with Crippen LogP contribution in [-0.2, 0) is 57.6 Å². The Morgan fingerprint density at radius 3 is 2.39 bits per heavy atom. The van der Waals surface area contributed by atoms with E-state index < -0.39 is 59.8 Å². The van der Waals surface area contributed by atoms with E-state index in [1.807, 2.05) is 88.2 Å². The molecule has 22 heteroatoms. The van der Waals surface area contributed by atoms with E-state index in [0.29, 0.717) is 91.6 Å². The topological polar surface area (TPSA) is 177 Å². The van der Waals surface area contributed by atoms with E-state index in [-0.39, 0.29) is 62.2 Å². The summed E-state index contributed by atoms with van der Waals surface area (Å²) < 4.78 is 65.5. The van der Waals surface area contributed by atoms with Gasteiger partial charge in [0.05, 0.1) is 68.3 Å². The Labute approximate surface area is 490 Å². The van der Waals surface area contributed by atoms with Crippen LogP contribution in [0.5, 0.6) is 0 Å². The molecule has 4 amide bonds. The number of nitrogens with zero attached hydrogens (tertiary/aromatic N) is 9. The Balaban J connectivity index is 0.926. The maximum absolute atomic E-state index is 15.2. The maximum atomic E-state index is 15.2. The number of carbonyl (C=O) groups excluding carboxylic acids is 5. The number of pyridine rings is 1. The van der Waals surface area contributed by atoms with Gasteiger partial charge in [-0.1, -0.05) is 58.0 Å². The Morgan fingerprint density at radius 1 is 0.940 bits per heavy atom. The number of anilines is 1. The van der Waals surface area contributed by atoms with Crippen LogP contribution in [0, 0.1) is 11.3 Å². The number of piperazine rings is 1. The minimum Gasteiger partial charge on any atom is -0.464 e. The number of morpholine rings is 1. The number of hydrogen-bond donors (Lipinski definition) is 2. The van der Waals surface area contributed by atoms with Crippen molar-refractivity contribution in [3.8, 4) is 22.4 Å². The number of hydrazine groups is 1. The first-order valence-corrected chi connectivity index (χ1v) is 30.0. The largest absolute Gasteiger partial charge is 0.464 e. The van der Waals surface area contributed by atoms with Gasteiger partial charge in [-0.3, -0.25) is 48.7 Å². The van der Waals surface area contributed by atoms with E-state index in [9.17, 15) is 19.2 Å². The summed E-state index contributed by atoms with van der Waals surface area (Å²) in [6.45, 7) is 14.4. The Hall–Kier alpha value is -6.17. The SMILES string of the molecule is CO[C@@H](C)c1ncc(N2CCN(C3CC3)CC2)cc1-c1c2c3cc(ccc3n1CC(F)(F)F)-c1cccc(c1)C[C@H](NC(=O)[C@H](C(C)C)N1CCOC3(CN(C(=O)[C@H]4CN4CC(=O)N(C)C)C3)C1)C(=O)N1CCC[C@H](N1)C(=O)OCC(C)(C)C2. The zero-order valence-electron chi connectivity index (χ0n) is 49.8. The molecule has 2 N–H and O–H groups in total. The van der Waals surface area contributed by atoms with Crippen LogP contribution < -0.4 is 15.6 Å². The molecule has 1 unspecified atom stereocenters. The van der Waals surface area contributed by atoms with E-state index in [0.717, 1.165) is 48.6 Å². The highest BCUT2D eigenvalue weighted by Gasteiger charge is 2.55. The van der Waals surface area contributed by atoms with Gasteiger partial charge in [0.1, 0.15) is 30.3 Å². The molecule has 1 aliphatic carbocycles. The normalized spacial score (nSPS) is 24.8. The fourth-order valence-electron chi connectivity index (χ4n) is 13.4. The maximum Gasteiger partial charge on any atom is 0.406 e. The Bertz CT molecular complexity index is 3150. The van der Waals surface area contributed by atoms with E-state index in [4.69, 9.17) is 19.2 Å². The molecule has 11 rings (SSSR count). The summed E-state index contributed by atoms with van der Waals surface area (Å²) in [6.07, 6.45) is 0.182. The zero-order valence-corrected chi connectivity index (χ0v) is 49.8. The number of methoxy groups -OCH3 is 1. The molecule has 6 atom stereocenters. The van der Waals surface area contributed by atoms with Crippen LogP contribution in [0.2, 0.25) is 0 Å². The second-order valence-corrected chi connectivity index (χ2v) is 25.9. The minimum absolute atomic E-state index is 0.0427. The number of carbonyl (C=O) groups is 5. The van der Waals surface area contributed by atoms with Crippen molar-refractivity contribution < 1.29 is 51.4 Å². The van der Waals surface area contributed by atoms with Gasteiger partial charge in [-0.25, -0.2) is 5.43 Å². The number of cyclic esters (lactones) is 1. The predicted molar refractivity (Wildman–Crippen MR) is 310 cm³/mol. The summed E-state index contributed by atoms with van der Waals surface area (Å²) >= 11 is 0. The first-order valence-electron chi connectivity index (χ1n) is 30.0. The fraction of sp³-hybridized carbons (Fsp3) is 0.613. The molecule has 84 heavy (non-hydrogen) atoms. The standard InChI is InChI=1S/C62H82F3N11O8/c1-38(2)54(72-23-24-84-61(33-72)34-74(35-61)58(80)51-31-73(51)32-52(77)69(6)7)56(78)67-49-26-40-11-9-12-41(25-40)42-14-17-50-45(27-42)47(29-60(4,5)37-83-59(81)48-13-10-18-76(68-48)57(49)79)55(75(50)36-62(63,64)65)46-28-44(30-66-53(46)39(3)82-8)71-21-19-70(20-22-71)43-15-16-43/h9,11-12,14,17,25,27-28,30,38-39,43,48-49,51,54,68H,10,13,15-16,18-24,26,29,31-37H2,1-8H3,(H,67,78)/t39-,48-,49-,51+,54-,73?/m0/s1. The van der Waals surface area contributed by atoms with Gasteiger partial charge in [0.2, 0.25) is 17.7 Å². The van der Waals surface area contributed by atoms with E-state index in [1.165, 1.54) is 27.3 Å². The molecule has 19 nitrogen and oxygen atoms in total. The van der Waals surface area contributed by atoms with Crippen LogP contribution in [0.25, 0.3) is 33.3 Å². The number of ether oxygens (including phenoxy) is 3. The Kier molecular flexibility index (Phi) is 16.7. The van der Waals surface area contributed by atoms with Crippen molar-refractivity contribution in [3.63, 3.8) is 0 Å². The summed E-state index contributed by atoms with van der Waals surface area (Å²) in [5.74, 6) is -1.65. The number of hydrogen-bond acceptors (Lipinski definition) is 14. The summed E-state index contributed by atoms with van der Waals surface area (Å²) in [4.78, 5) is 87.1. The first-order chi connectivity index (χ1) is 40.0. The lowest BCUT2D eigenvalue weighted by atomic mass is 9.84. The van der Waals surface area contributed by atoms with Crippen molar-refractivity contribution in [1.29, 1.82) is 0 Å². The number of esters is 1. The van der Waals surface area contributed by atoms with Crippen molar-refractivity contribution in [1.82, 2.24) is 49.8 Å². The van der Waals surface area contributed by atoms with Crippen molar-refractivity contribution in [2.75, 3.05) is 111 Å². The number of amides is 4. The van der Waals surface area contributed by atoms with Gasteiger partial charge in [0, 0.05) is 108 Å². The molecule has 4 aromatic rings. The van der Waals surface area contributed by atoms with Crippen LogP contribution in [-0.4, -0.2) is 217 Å². The molecule has 8 heterocycles. The lowest BCUT2D eigenvalue weighted by molar-refractivity contribution is -0.197. The molecule has 6 bridgehead atoms. The highest BCUT2D eigenvalue weighted by Crippen LogP contribution is 2.45. The molecule has 2 aromatic heterocycles. The van der Waals surface area contributed by atoms with E-state index in [2.05, 4.69) is 25.4 Å². The molecule has 1 saturated carbocycles.